The molecular formula is C62H40N4. The number of rotatable bonds is 7. The van der Waals surface area contributed by atoms with Gasteiger partial charge in [-0.2, -0.15) is 0 Å². The summed E-state index contributed by atoms with van der Waals surface area (Å²) in [6.07, 6.45) is 0. The van der Waals surface area contributed by atoms with Gasteiger partial charge in [0.05, 0.1) is 33.3 Å². The van der Waals surface area contributed by atoms with E-state index in [4.69, 9.17) is 9.97 Å². The average molecular weight is 841 g/mol. The Balaban J connectivity index is 0.858. The molecule has 0 aliphatic heterocycles. The van der Waals surface area contributed by atoms with Gasteiger partial charge in [0.1, 0.15) is 0 Å². The van der Waals surface area contributed by atoms with Gasteiger partial charge >= 0.3 is 0 Å². The van der Waals surface area contributed by atoms with E-state index < -0.39 is 0 Å². The lowest BCUT2D eigenvalue weighted by Crippen LogP contribution is -2.03. The monoisotopic (exact) mass is 840 g/mol. The number of benzene rings is 10. The summed E-state index contributed by atoms with van der Waals surface area (Å²) in [5, 5.41) is 5.85. The van der Waals surface area contributed by atoms with Crippen LogP contribution in [0.25, 0.3) is 122 Å². The molecule has 0 atom stereocenters. The molecule has 13 aromatic rings. The van der Waals surface area contributed by atoms with E-state index in [1.54, 1.807) is 0 Å². The molecule has 4 heteroatoms. The van der Waals surface area contributed by atoms with Crippen LogP contribution >= 0.6 is 0 Å². The maximum atomic E-state index is 5.38. The second-order valence-electron chi connectivity index (χ2n) is 17.0. The molecule has 0 saturated heterocycles. The van der Waals surface area contributed by atoms with Crippen LogP contribution in [0.4, 0.5) is 0 Å². The number of hydrogen-bond acceptors (Lipinski definition) is 2. The first-order valence-electron chi connectivity index (χ1n) is 22.5. The molecule has 0 bridgehead atoms. The minimum atomic E-state index is 0.649. The minimum absolute atomic E-state index is 0.649. The molecule has 308 valence electrons. The summed E-state index contributed by atoms with van der Waals surface area (Å²) in [5.74, 6) is 0.649. The standard InChI is InChI=1S/C62H40N4/c1-3-13-41(14-4-1)42-23-25-43(26-24-42)44-31-33-47(34-32-44)61-54-19-7-10-20-56(54)63-62(64-61)66-58-22-12-9-18-52(58)55-39-48(36-38-59(55)66)45-27-29-46(30-28-45)49-35-37-53-51-17-8-11-21-57(51)65(60(53)40-49)50-15-5-2-6-16-50/h1-40H. The summed E-state index contributed by atoms with van der Waals surface area (Å²) in [6, 6.07) is 86.9. The first kappa shape index (κ1) is 37.7. The van der Waals surface area contributed by atoms with Gasteiger partial charge in [-0.1, -0.05) is 194 Å². The highest BCUT2D eigenvalue weighted by molar-refractivity contribution is 6.11. The Morgan fingerprint density at radius 1 is 0.242 bits per heavy atom. The summed E-state index contributed by atoms with van der Waals surface area (Å²) in [7, 11) is 0. The van der Waals surface area contributed by atoms with Crippen molar-refractivity contribution in [1.82, 2.24) is 19.1 Å². The fourth-order valence-corrected chi connectivity index (χ4v) is 9.92. The van der Waals surface area contributed by atoms with Crippen LogP contribution < -0.4 is 0 Å². The topological polar surface area (TPSA) is 35.6 Å². The molecule has 0 N–H and O–H groups in total. The van der Waals surface area contributed by atoms with E-state index in [9.17, 15) is 0 Å². The van der Waals surface area contributed by atoms with Crippen LogP contribution in [0.5, 0.6) is 0 Å². The van der Waals surface area contributed by atoms with Crippen molar-refractivity contribution in [3.8, 4) is 67.4 Å². The molecule has 0 radical (unpaired) electrons. The summed E-state index contributed by atoms with van der Waals surface area (Å²) >= 11 is 0. The Labute approximate surface area is 382 Å². The van der Waals surface area contributed by atoms with Gasteiger partial charge in [-0.3, -0.25) is 4.57 Å². The molecular weight excluding hydrogens is 801 g/mol. The Morgan fingerprint density at radius 2 is 0.667 bits per heavy atom. The lowest BCUT2D eigenvalue weighted by molar-refractivity contribution is 1.01. The number of hydrogen-bond donors (Lipinski definition) is 0. The van der Waals surface area contributed by atoms with Crippen LogP contribution in [0.2, 0.25) is 0 Å². The fraction of sp³-hybridized carbons (Fsp3) is 0. The Bertz CT molecular complexity index is 3940. The Morgan fingerprint density at radius 3 is 1.32 bits per heavy atom. The molecule has 4 nitrogen and oxygen atoms in total. The third-order valence-electron chi connectivity index (χ3n) is 13.2. The molecule has 0 aliphatic rings. The predicted molar refractivity (Wildman–Crippen MR) is 275 cm³/mol. The minimum Gasteiger partial charge on any atom is -0.309 e. The van der Waals surface area contributed by atoms with Crippen molar-refractivity contribution in [2.45, 2.75) is 0 Å². The van der Waals surface area contributed by atoms with E-state index in [1.807, 2.05) is 0 Å². The molecule has 0 fully saturated rings. The molecule has 0 aliphatic carbocycles. The first-order chi connectivity index (χ1) is 32.7. The quantitative estimate of drug-likeness (QED) is 0.160. The summed E-state index contributed by atoms with van der Waals surface area (Å²) < 4.78 is 4.60. The van der Waals surface area contributed by atoms with E-state index >= 15 is 0 Å². The number of para-hydroxylation sites is 4. The lowest BCUT2D eigenvalue weighted by atomic mass is 9.98. The van der Waals surface area contributed by atoms with Crippen molar-refractivity contribution in [3.63, 3.8) is 0 Å². The van der Waals surface area contributed by atoms with Crippen molar-refractivity contribution < 1.29 is 0 Å². The zero-order valence-corrected chi connectivity index (χ0v) is 35.9. The van der Waals surface area contributed by atoms with E-state index in [0.29, 0.717) is 5.95 Å². The third-order valence-corrected chi connectivity index (χ3v) is 13.2. The van der Waals surface area contributed by atoms with Gasteiger partial charge in [-0.15, -0.1) is 0 Å². The van der Waals surface area contributed by atoms with Gasteiger partial charge in [0.25, 0.3) is 0 Å². The second kappa shape index (κ2) is 15.4. The summed E-state index contributed by atoms with van der Waals surface area (Å²) in [5.41, 5.74) is 18.0. The Hall–Kier alpha value is -8.86. The van der Waals surface area contributed by atoms with Crippen molar-refractivity contribution in [1.29, 1.82) is 0 Å². The lowest BCUT2D eigenvalue weighted by Gasteiger charge is -2.12. The fourth-order valence-electron chi connectivity index (χ4n) is 9.92. The van der Waals surface area contributed by atoms with Crippen LogP contribution in [0, 0.1) is 0 Å². The molecule has 0 spiro atoms. The molecule has 3 aromatic heterocycles. The third kappa shape index (κ3) is 6.30. The van der Waals surface area contributed by atoms with Gasteiger partial charge in [-0.05, 0) is 93.0 Å². The van der Waals surface area contributed by atoms with Crippen molar-refractivity contribution in [2.75, 3.05) is 0 Å². The highest BCUT2D eigenvalue weighted by Crippen LogP contribution is 2.39. The summed E-state index contributed by atoms with van der Waals surface area (Å²) in [6.45, 7) is 0. The average Bonchev–Trinajstić information content (AvgIpc) is 3.91. The number of aromatic nitrogens is 4. The largest absolute Gasteiger partial charge is 0.309 e. The molecule has 3 heterocycles. The highest BCUT2D eigenvalue weighted by atomic mass is 15.2. The van der Waals surface area contributed by atoms with Gasteiger partial charge in [-0.25, -0.2) is 9.97 Å². The van der Waals surface area contributed by atoms with E-state index in [1.165, 1.54) is 49.6 Å². The first-order valence-corrected chi connectivity index (χ1v) is 22.5. The van der Waals surface area contributed by atoms with Crippen LogP contribution in [-0.2, 0) is 0 Å². The smallest absolute Gasteiger partial charge is 0.235 e. The van der Waals surface area contributed by atoms with Crippen molar-refractivity contribution in [3.05, 3.63) is 243 Å². The van der Waals surface area contributed by atoms with E-state index in [-0.39, 0.29) is 0 Å². The number of fused-ring (bicyclic) bond motifs is 7. The molecule has 10 aromatic carbocycles. The van der Waals surface area contributed by atoms with Crippen LogP contribution in [0.15, 0.2) is 243 Å². The highest BCUT2D eigenvalue weighted by Gasteiger charge is 2.19. The van der Waals surface area contributed by atoms with Gasteiger partial charge in [0, 0.05) is 38.2 Å². The van der Waals surface area contributed by atoms with E-state index in [2.05, 4.69) is 252 Å². The van der Waals surface area contributed by atoms with Crippen molar-refractivity contribution in [2.24, 2.45) is 0 Å². The maximum absolute atomic E-state index is 5.38. The van der Waals surface area contributed by atoms with Crippen molar-refractivity contribution >= 4 is 54.5 Å². The summed E-state index contributed by atoms with van der Waals surface area (Å²) in [4.78, 5) is 10.6. The van der Waals surface area contributed by atoms with Crippen LogP contribution in [0.1, 0.15) is 0 Å². The van der Waals surface area contributed by atoms with Crippen LogP contribution in [-0.4, -0.2) is 19.1 Å². The normalized spacial score (nSPS) is 11.6. The van der Waals surface area contributed by atoms with Gasteiger partial charge < -0.3 is 4.57 Å². The number of nitrogens with zero attached hydrogens (tertiary/aromatic N) is 4. The second-order valence-corrected chi connectivity index (χ2v) is 17.0. The van der Waals surface area contributed by atoms with Gasteiger partial charge in [0.15, 0.2) is 0 Å². The SMILES string of the molecule is c1ccc(-c2ccc(-c3ccc(-c4nc(-n5c6ccccc6c6cc(-c7ccc(-c8ccc9c%10ccccc%10n(-c%10ccccc%10)c9c8)cc7)ccc65)nc5ccccc45)cc3)cc2)cc1. The predicted octanol–water partition coefficient (Wildman–Crippen LogP) is 16.2. The molecule has 13 rings (SSSR count). The Kier molecular flexibility index (Phi) is 8.81. The van der Waals surface area contributed by atoms with Gasteiger partial charge in [0.2, 0.25) is 5.95 Å². The molecule has 0 saturated carbocycles. The molecule has 66 heavy (non-hydrogen) atoms. The zero-order chi connectivity index (χ0) is 43.6. The molecule has 0 unspecified atom stereocenters. The maximum Gasteiger partial charge on any atom is 0.235 e. The zero-order valence-electron chi connectivity index (χ0n) is 35.9. The molecule has 0 amide bonds. The van der Waals surface area contributed by atoms with E-state index in [0.717, 1.165) is 66.3 Å². The van der Waals surface area contributed by atoms with Crippen LogP contribution in [0.3, 0.4) is 0 Å².